The van der Waals surface area contributed by atoms with Gasteiger partial charge in [0.1, 0.15) is 5.82 Å². The van der Waals surface area contributed by atoms with E-state index in [0.29, 0.717) is 32.1 Å². The molecule has 0 radical (unpaired) electrons. The van der Waals surface area contributed by atoms with E-state index in [0.717, 1.165) is 28.6 Å². The highest BCUT2D eigenvalue weighted by molar-refractivity contribution is 5.80. The van der Waals surface area contributed by atoms with Gasteiger partial charge in [0, 0.05) is 56.7 Å². The molecular formula is C25H31N7O3. The first-order valence-corrected chi connectivity index (χ1v) is 11.7. The molecule has 1 aliphatic heterocycles. The molecule has 10 heteroatoms. The molecule has 1 saturated heterocycles. The van der Waals surface area contributed by atoms with Crippen molar-refractivity contribution >= 4 is 29.2 Å². The van der Waals surface area contributed by atoms with Gasteiger partial charge >= 0.3 is 5.97 Å². The minimum absolute atomic E-state index is 0.159. The van der Waals surface area contributed by atoms with Crippen LogP contribution in [0.5, 0.6) is 0 Å². The van der Waals surface area contributed by atoms with Gasteiger partial charge < -0.3 is 24.4 Å². The number of rotatable bonds is 7. The number of hydrogen-bond acceptors (Lipinski definition) is 8. The maximum Gasteiger partial charge on any atom is 0.303 e. The molecule has 0 atom stereocenters. The number of imidazole rings is 1. The lowest BCUT2D eigenvalue weighted by Crippen LogP contribution is -2.49. The number of ether oxygens (including phenoxy) is 1. The predicted octanol–water partition coefficient (Wildman–Crippen LogP) is 3.18. The summed E-state index contributed by atoms with van der Waals surface area (Å²) >= 11 is 0. The number of benzene rings is 1. The van der Waals surface area contributed by atoms with Crippen LogP contribution in [0.2, 0.25) is 0 Å². The molecule has 0 bridgehead atoms. The molecule has 1 aliphatic rings. The Hall–Kier alpha value is -3.95. The van der Waals surface area contributed by atoms with Crippen LogP contribution in [0.15, 0.2) is 42.7 Å². The number of hydrogen-bond donors (Lipinski definition) is 1. The number of piperazine rings is 1. The molecule has 184 valence electrons. The van der Waals surface area contributed by atoms with Crippen molar-refractivity contribution in [2.45, 2.75) is 33.7 Å². The zero-order valence-corrected chi connectivity index (χ0v) is 20.6. The number of aryl methyl sites for hydroxylation is 1. The van der Waals surface area contributed by atoms with Crippen molar-refractivity contribution in [3.8, 4) is 11.4 Å². The van der Waals surface area contributed by atoms with Crippen molar-refractivity contribution in [1.29, 1.82) is 0 Å². The second kappa shape index (κ2) is 10.5. The molecule has 1 fully saturated rings. The maximum absolute atomic E-state index is 12.1. The Balaban J connectivity index is 1.37. The highest BCUT2D eigenvalue weighted by Gasteiger charge is 2.22. The van der Waals surface area contributed by atoms with Gasteiger partial charge in [-0.1, -0.05) is 0 Å². The predicted molar refractivity (Wildman–Crippen MR) is 134 cm³/mol. The third-order valence-corrected chi connectivity index (χ3v) is 5.94. The van der Waals surface area contributed by atoms with Crippen molar-refractivity contribution in [3.63, 3.8) is 0 Å². The summed E-state index contributed by atoms with van der Waals surface area (Å²) in [5, 5.41) is 3.28. The van der Waals surface area contributed by atoms with Gasteiger partial charge in [-0.3, -0.25) is 9.59 Å². The topological polar surface area (TPSA) is 105 Å². The summed E-state index contributed by atoms with van der Waals surface area (Å²) in [7, 11) is 0. The van der Waals surface area contributed by atoms with Gasteiger partial charge in [0.15, 0.2) is 6.61 Å². The highest BCUT2D eigenvalue weighted by atomic mass is 16.5. The number of carbonyl (C=O) groups excluding carboxylic acids is 2. The average molecular weight is 478 g/mol. The molecule has 3 aromatic rings. The molecule has 10 nitrogen and oxygen atoms in total. The van der Waals surface area contributed by atoms with Gasteiger partial charge in [0.05, 0.1) is 17.6 Å². The zero-order valence-electron chi connectivity index (χ0n) is 20.6. The van der Waals surface area contributed by atoms with E-state index in [9.17, 15) is 9.59 Å². The van der Waals surface area contributed by atoms with Gasteiger partial charge in [-0.25, -0.2) is 15.0 Å². The second-order valence-corrected chi connectivity index (χ2v) is 8.74. The van der Waals surface area contributed by atoms with Gasteiger partial charge in [-0.15, -0.1) is 0 Å². The van der Waals surface area contributed by atoms with Crippen LogP contribution in [0.3, 0.4) is 0 Å². The van der Waals surface area contributed by atoms with Crippen LogP contribution in [0.4, 0.5) is 17.3 Å². The van der Waals surface area contributed by atoms with Crippen LogP contribution in [-0.4, -0.2) is 69.1 Å². The number of carbonyl (C=O) groups is 2. The highest BCUT2D eigenvalue weighted by Crippen LogP contribution is 2.25. The number of nitrogens with one attached hydrogen (secondary N) is 1. The molecule has 0 unspecified atom stereocenters. The molecule has 3 heterocycles. The Morgan fingerprint density at radius 3 is 2.43 bits per heavy atom. The Morgan fingerprint density at radius 2 is 1.77 bits per heavy atom. The molecule has 2 aromatic heterocycles. The van der Waals surface area contributed by atoms with E-state index in [1.807, 2.05) is 43.5 Å². The van der Waals surface area contributed by atoms with Crippen LogP contribution in [-0.2, 0) is 14.3 Å². The molecular weight excluding hydrogens is 446 g/mol. The Kier molecular flexibility index (Phi) is 7.28. The first-order valence-electron chi connectivity index (χ1n) is 11.7. The van der Waals surface area contributed by atoms with Crippen molar-refractivity contribution < 1.29 is 14.3 Å². The quantitative estimate of drug-likeness (QED) is 0.517. The molecule has 4 rings (SSSR count). The molecule has 1 amide bonds. The van der Waals surface area contributed by atoms with Crippen molar-refractivity contribution in [2.24, 2.45) is 0 Å². The third-order valence-electron chi connectivity index (χ3n) is 5.94. The van der Waals surface area contributed by atoms with E-state index in [2.05, 4.69) is 38.6 Å². The van der Waals surface area contributed by atoms with E-state index in [1.165, 1.54) is 6.92 Å². The van der Waals surface area contributed by atoms with Crippen LogP contribution in [0.1, 0.15) is 32.6 Å². The van der Waals surface area contributed by atoms with Crippen LogP contribution < -0.4 is 10.2 Å². The van der Waals surface area contributed by atoms with Crippen molar-refractivity contribution in [3.05, 3.63) is 48.5 Å². The summed E-state index contributed by atoms with van der Waals surface area (Å²) in [6.45, 7) is 9.96. The van der Waals surface area contributed by atoms with Crippen LogP contribution >= 0.6 is 0 Å². The fourth-order valence-electron chi connectivity index (χ4n) is 4.21. The molecule has 1 aromatic carbocycles. The van der Waals surface area contributed by atoms with E-state index in [4.69, 9.17) is 9.72 Å². The summed E-state index contributed by atoms with van der Waals surface area (Å²) < 4.78 is 6.97. The van der Waals surface area contributed by atoms with Gasteiger partial charge in [-0.2, -0.15) is 0 Å². The number of amides is 1. The summed E-state index contributed by atoms with van der Waals surface area (Å²) in [6.07, 6.45) is 3.59. The lowest BCUT2D eigenvalue weighted by Gasteiger charge is -2.36. The third kappa shape index (κ3) is 5.76. The SMILES string of the molecule is CC(=O)OCC(=O)N1CCN(c2ccc(Nc3nccc(-c4cnc(C)n4C(C)C)n3)cc2)CC1. The smallest absolute Gasteiger partial charge is 0.303 e. The summed E-state index contributed by atoms with van der Waals surface area (Å²) in [4.78, 5) is 40.5. The van der Waals surface area contributed by atoms with E-state index < -0.39 is 5.97 Å². The minimum atomic E-state index is -0.444. The second-order valence-electron chi connectivity index (χ2n) is 8.74. The number of aromatic nitrogens is 4. The molecule has 1 N–H and O–H groups in total. The van der Waals surface area contributed by atoms with Crippen molar-refractivity contribution in [2.75, 3.05) is 43.0 Å². The van der Waals surface area contributed by atoms with Gasteiger partial charge in [-0.05, 0) is 51.1 Å². The largest absolute Gasteiger partial charge is 0.456 e. The minimum Gasteiger partial charge on any atom is -0.456 e. The zero-order chi connectivity index (χ0) is 24.9. The normalized spacial score (nSPS) is 13.7. The van der Waals surface area contributed by atoms with E-state index in [1.54, 1.807) is 11.1 Å². The first kappa shape index (κ1) is 24.2. The molecule has 0 spiro atoms. The van der Waals surface area contributed by atoms with E-state index in [-0.39, 0.29) is 18.6 Å². The van der Waals surface area contributed by atoms with Crippen LogP contribution in [0, 0.1) is 6.92 Å². The standard InChI is InChI=1S/C25H31N7O3/c1-17(2)32-18(3)27-15-23(32)22-9-10-26-25(29-22)28-20-5-7-21(8-6-20)30-11-13-31(14-12-30)24(34)16-35-19(4)33/h5-10,15,17H,11-14,16H2,1-4H3,(H,26,28,29). The number of anilines is 3. The maximum atomic E-state index is 12.1. The van der Waals surface area contributed by atoms with Crippen molar-refractivity contribution in [1.82, 2.24) is 24.4 Å². The Morgan fingerprint density at radius 1 is 1.06 bits per heavy atom. The first-order chi connectivity index (χ1) is 16.8. The Labute approximate surface area is 205 Å². The Bertz CT molecular complexity index is 1180. The van der Waals surface area contributed by atoms with Gasteiger partial charge in [0.25, 0.3) is 5.91 Å². The monoisotopic (exact) mass is 477 g/mol. The van der Waals surface area contributed by atoms with Gasteiger partial charge in [0.2, 0.25) is 5.95 Å². The average Bonchev–Trinajstić information content (AvgIpc) is 3.25. The summed E-state index contributed by atoms with van der Waals surface area (Å²) in [5.41, 5.74) is 3.74. The number of esters is 1. The fourth-order valence-corrected chi connectivity index (χ4v) is 4.21. The summed E-state index contributed by atoms with van der Waals surface area (Å²) in [5.74, 6) is 0.867. The molecule has 35 heavy (non-hydrogen) atoms. The van der Waals surface area contributed by atoms with E-state index >= 15 is 0 Å². The fraction of sp³-hybridized carbons (Fsp3) is 0.400. The lowest BCUT2D eigenvalue weighted by atomic mass is 10.2. The number of nitrogens with zero attached hydrogens (tertiary/aromatic N) is 6. The summed E-state index contributed by atoms with van der Waals surface area (Å²) in [6, 6.07) is 10.2. The van der Waals surface area contributed by atoms with Crippen LogP contribution in [0.25, 0.3) is 11.4 Å². The lowest BCUT2D eigenvalue weighted by molar-refractivity contribution is -0.150. The molecule has 0 saturated carbocycles. The molecule has 0 aliphatic carbocycles.